The molecule has 1 fully saturated rings. The van der Waals surface area contributed by atoms with E-state index in [1.54, 1.807) is 0 Å². The number of alkyl halides is 1. The maximum Gasteiger partial charge on any atom is 0.303 e. The fourth-order valence-electron chi connectivity index (χ4n) is 1.77. The number of carboxylic acid groups (broad SMARTS) is 1. The number of aliphatic carboxylic acids is 1. The minimum Gasteiger partial charge on any atom is -0.481 e. The summed E-state index contributed by atoms with van der Waals surface area (Å²) >= 11 is 6.26. The first kappa shape index (κ1) is 9.85. The zero-order valence-electron chi connectivity index (χ0n) is 7.18. The highest BCUT2D eigenvalue weighted by molar-refractivity contribution is 6.24. The van der Waals surface area contributed by atoms with Gasteiger partial charge in [-0.2, -0.15) is 0 Å². The van der Waals surface area contributed by atoms with Crippen LogP contribution in [0.4, 0.5) is 0 Å². The summed E-state index contributed by atoms with van der Waals surface area (Å²) in [4.78, 5) is 10.1. The summed E-state index contributed by atoms with van der Waals surface area (Å²) in [5.74, 6) is -0.736. The lowest BCUT2D eigenvalue weighted by molar-refractivity contribution is -0.137. The van der Waals surface area contributed by atoms with Crippen molar-refractivity contribution in [1.82, 2.24) is 0 Å². The van der Waals surface area contributed by atoms with Crippen molar-refractivity contribution in [2.45, 2.75) is 49.8 Å². The van der Waals surface area contributed by atoms with E-state index in [0.29, 0.717) is 6.42 Å². The number of carbonyl (C=O) groups is 1. The van der Waals surface area contributed by atoms with Gasteiger partial charge >= 0.3 is 5.97 Å². The standard InChI is InChI=1S/C9H15ClO2/c10-9(7-4-8(11)12)5-2-1-3-6-9/h1-7H2,(H,11,12). The number of halogens is 1. The third-order valence-corrected chi connectivity index (χ3v) is 3.10. The summed E-state index contributed by atoms with van der Waals surface area (Å²) < 4.78 is 0. The van der Waals surface area contributed by atoms with Gasteiger partial charge in [-0.25, -0.2) is 0 Å². The van der Waals surface area contributed by atoms with Crippen LogP contribution in [0, 0.1) is 0 Å². The number of rotatable bonds is 3. The van der Waals surface area contributed by atoms with Crippen LogP contribution in [0.15, 0.2) is 0 Å². The molecule has 0 radical (unpaired) electrons. The maximum absolute atomic E-state index is 10.3. The van der Waals surface area contributed by atoms with Crippen molar-refractivity contribution >= 4 is 17.6 Å². The molecule has 0 amide bonds. The number of carboxylic acids is 1. The van der Waals surface area contributed by atoms with E-state index in [4.69, 9.17) is 16.7 Å². The molecule has 1 aliphatic carbocycles. The second-order valence-corrected chi connectivity index (χ2v) is 4.41. The molecular weight excluding hydrogens is 176 g/mol. The summed E-state index contributed by atoms with van der Waals surface area (Å²) in [6.07, 6.45) is 6.38. The first-order valence-electron chi connectivity index (χ1n) is 4.53. The van der Waals surface area contributed by atoms with E-state index in [2.05, 4.69) is 0 Å². The molecule has 70 valence electrons. The molecule has 0 heterocycles. The summed E-state index contributed by atoms with van der Waals surface area (Å²) in [5, 5.41) is 8.50. The molecular formula is C9H15ClO2. The second-order valence-electron chi connectivity index (χ2n) is 3.61. The Bertz CT molecular complexity index is 162. The Hall–Kier alpha value is -0.240. The van der Waals surface area contributed by atoms with Crippen molar-refractivity contribution in [3.05, 3.63) is 0 Å². The first-order valence-corrected chi connectivity index (χ1v) is 4.91. The average Bonchev–Trinajstić information content (AvgIpc) is 2.03. The van der Waals surface area contributed by atoms with Crippen LogP contribution < -0.4 is 0 Å². The second kappa shape index (κ2) is 4.13. The van der Waals surface area contributed by atoms with Crippen LogP contribution >= 0.6 is 11.6 Å². The van der Waals surface area contributed by atoms with Gasteiger partial charge in [-0.15, -0.1) is 11.6 Å². The zero-order valence-corrected chi connectivity index (χ0v) is 7.94. The fourth-order valence-corrected chi connectivity index (χ4v) is 2.13. The van der Waals surface area contributed by atoms with E-state index in [9.17, 15) is 4.79 Å². The van der Waals surface area contributed by atoms with Gasteiger partial charge in [-0.1, -0.05) is 19.3 Å². The van der Waals surface area contributed by atoms with Gasteiger partial charge in [0, 0.05) is 11.3 Å². The summed E-state index contributed by atoms with van der Waals surface area (Å²) in [6, 6.07) is 0. The fraction of sp³-hybridized carbons (Fsp3) is 0.889. The number of hydrogen-bond acceptors (Lipinski definition) is 1. The van der Waals surface area contributed by atoms with E-state index in [1.807, 2.05) is 0 Å². The first-order chi connectivity index (χ1) is 5.62. The van der Waals surface area contributed by atoms with Crippen LogP contribution in [0.1, 0.15) is 44.9 Å². The molecule has 0 aromatic rings. The third-order valence-electron chi connectivity index (χ3n) is 2.54. The molecule has 3 heteroatoms. The van der Waals surface area contributed by atoms with Crippen LogP contribution in [0.5, 0.6) is 0 Å². The predicted octanol–water partition coefficient (Wildman–Crippen LogP) is 2.79. The summed E-state index contributed by atoms with van der Waals surface area (Å²) in [5.41, 5.74) is 0. The van der Waals surface area contributed by atoms with E-state index in [1.165, 1.54) is 6.42 Å². The Morgan fingerprint density at radius 2 is 1.92 bits per heavy atom. The van der Waals surface area contributed by atoms with E-state index in [0.717, 1.165) is 25.7 Å². The van der Waals surface area contributed by atoms with Gasteiger partial charge in [0.25, 0.3) is 0 Å². The maximum atomic E-state index is 10.3. The van der Waals surface area contributed by atoms with Crippen LogP contribution in [0.25, 0.3) is 0 Å². The van der Waals surface area contributed by atoms with Crippen LogP contribution in [-0.4, -0.2) is 16.0 Å². The highest BCUT2D eigenvalue weighted by atomic mass is 35.5. The van der Waals surface area contributed by atoms with Crippen LogP contribution in [-0.2, 0) is 4.79 Å². The molecule has 0 aromatic carbocycles. The van der Waals surface area contributed by atoms with Crippen molar-refractivity contribution in [3.63, 3.8) is 0 Å². The molecule has 2 nitrogen and oxygen atoms in total. The van der Waals surface area contributed by atoms with Gasteiger partial charge in [-0.3, -0.25) is 4.79 Å². The molecule has 1 aliphatic rings. The zero-order chi connectivity index (χ0) is 9.03. The Morgan fingerprint density at radius 3 is 2.42 bits per heavy atom. The average molecular weight is 191 g/mol. The summed E-state index contributed by atoms with van der Waals surface area (Å²) in [7, 11) is 0. The molecule has 0 aliphatic heterocycles. The molecule has 0 unspecified atom stereocenters. The molecule has 0 atom stereocenters. The minimum absolute atomic E-state index is 0.198. The van der Waals surface area contributed by atoms with Crippen molar-refractivity contribution in [2.24, 2.45) is 0 Å². The van der Waals surface area contributed by atoms with Gasteiger partial charge in [0.2, 0.25) is 0 Å². The highest BCUT2D eigenvalue weighted by Gasteiger charge is 2.29. The normalized spacial score (nSPS) is 22.1. The third kappa shape index (κ3) is 3.02. The van der Waals surface area contributed by atoms with Crippen molar-refractivity contribution < 1.29 is 9.90 Å². The largest absolute Gasteiger partial charge is 0.481 e. The highest BCUT2D eigenvalue weighted by Crippen LogP contribution is 2.37. The molecule has 0 bridgehead atoms. The molecule has 0 saturated heterocycles. The lowest BCUT2D eigenvalue weighted by Gasteiger charge is -2.30. The Kier molecular flexibility index (Phi) is 3.39. The Labute approximate surface area is 77.9 Å². The quantitative estimate of drug-likeness (QED) is 0.695. The molecule has 1 rings (SSSR count). The molecule has 0 spiro atoms. The van der Waals surface area contributed by atoms with Gasteiger partial charge in [0.15, 0.2) is 0 Å². The van der Waals surface area contributed by atoms with E-state index in [-0.39, 0.29) is 11.3 Å². The molecule has 12 heavy (non-hydrogen) atoms. The lowest BCUT2D eigenvalue weighted by atomic mass is 9.85. The minimum atomic E-state index is -0.736. The van der Waals surface area contributed by atoms with E-state index < -0.39 is 5.97 Å². The van der Waals surface area contributed by atoms with Gasteiger partial charge in [-0.05, 0) is 19.3 Å². The topological polar surface area (TPSA) is 37.3 Å². The Balaban J connectivity index is 2.31. The Morgan fingerprint density at radius 1 is 1.33 bits per heavy atom. The van der Waals surface area contributed by atoms with E-state index >= 15 is 0 Å². The lowest BCUT2D eigenvalue weighted by Crippen LogP contribution is -2.25. The van der Waals surface area contributed by atoms with Gasteiger partial charge in [0.05, 0.1) is 0 Å². The SMILES string of the molecule is O=C(O)CCC1(Cl)CCCCC1. The number of hydrogen-bond donors (Lipinski definition) is 1. The molecule has 0 aromatic heterocycles. The predicted molar refractivity (Wildman–Crippen MR) is 48.5 cm³/mol. The van der Waals surface area contributed by atoms with Crippen molar-refractivity contribution in [1.29, 1.82) is 0 Å². The molecule has 1 saturated carbocycles. The molecule has 1 N–H and O–H groups in total. The van der Waals surface area contributed by atoms with Gasteiger partial charge < -0.3 is 5.11 Å². The summed E-state index contributed by atoms with van der Waals surface area (Å²) in [6.45, 7) is 0. The smallest absolute Gasteiger partial charge is 0.303 e. The van der Waals surface area contributed by atoms with Crippen LogP contribution in [0.3, 0.4) is 0 Å². The monoisotopic (exact) mass is 190 g/mol. The van der Waals surface area contributed by atoms with Crippen LogP contribution in [0.2, 0.25) is 0 Å². The van der Waals surface area contributed by atoms with Crippen molar-refractivity contribution in [2.75, 3.05) is 0 Å². The van der Waals surface area contributed by atoms with Crippen molar-refractivity contribution in [3.8, 4) is 0 Å². The van der Waals surface area contributed by atoms with Gasteiger partial charge in [0.1, 0.15) is 0 Å².